The first-order valence-electron chi connectivity index (χ1n) is 8.45. The van der Waals surface area contributed by atoms with Crippen molar-refractivity contribution in [2.45, 2.75) is 5.16 Å². The number of aromatic amines is 2. The van der Waals surface area contributed by atoms with E-state index in [0.717, 1.165) is 22.9 Å². The van der Waals surface area contributed by atoms with Crippen molar-refractivity contribution in [3.63, 3.8) is 0 Å². The maximum absolute atomic E-state index is 13.2. The average Bonchev–Trinajstić information content (AvgIpc) is 3.12. The Hall–Kier alpha value is -3.39. The molecule has 140 valence electrons. The fourth-order valence-corrected chi connectivity index (χ4v) is 3.46. The molecule has 2 aromatic heterocycles. The molecule has 2 aromatic carbocycles. The molecule has 2 heterocycles. The number of fused-ring (bicyclic) bond motifs is 1. The van der Waals surface area contributed by atoms with Gasteiger partial charge in [-0.2, -0.15) is 0 Å². The van der Waals surface area contributed by atoms with Crippen molar-refractivity contribution in [2.75, 3.05) is 11.1 Å². The molecule has 8 heteroatoms. The molecule has 0 saturated heterocycles. The zero-order chi connectivity index (χ0) is 19.5. The number of benzene rings is 2. The maximum atomic E-state index is 13.2. The third-order valence-corrected chi connectivity index (χ3v) is 4.92. The molecule has 1 amide bonds. The highest BCUT2D eigenvalue weighted by molar-refractivity contribution is 7.99. The second-order valence-electron chi connectivity index (χ2n) is 6.01. The van der Waals surface area contributed by atoms with E-state index < -0.39 is 5.82 Å². The number of rotatable bonds is 5. The quantitative estimate of drug-likeness (QED) is 0.355. The van der Waals surface area contributed by atoms with Crippen LogP contribution in [0.3, 0.4) is 0 Å². The Balaban J connectivity index is 1.54. The molecule has 4 aromatic rings. The molecule has 0 unspecified atom stereocenters. The Labute approximate surface area is 163 Å². The van der Waals surface area contributed by atoms with Gasteiger partial charge in [0.15, 0.2) is 5.16 Å². The Kier molecular flexibility index (Phi) is 4.94. The topological polar surface area (TPSA) is 90.6 Å². The van der Waals surface area contributed by atoms with Gasteiger partial charge in [0, 0.05) is 17.4 Å². The van der Waals surface area contributed by atoms with E-state index in [2.05, 4.69) is 20.3 Å². The minimum absolute atomic E-state index is 0.0239. The minimum Gasteiger partial charge on any atom is -0.355 e. The van der Waals surface area contributed by atoms with Gasteiger partial charge in [-0.15, -0.1) is 0 Å². The van der Waals surface area contributed by atoms with Gasteiger partial charge in [-0.3, -0.25) is 14.6 Å². The highest BCUT2D eigenvalue weighted by Crippen LogP contribution is 2.26. The van der Waals surface area contributed by atoms with Crippen LogP contribution in [0.2, 0.25) is 0 Å². The van der Waals surface area contributed by atoms with Gasteiger partial charge >= 0.3 is 0 Å². The number of halogens is 1. The summed E-state index contributed by atoms with van der Waals surface area (Å²) in [5, 5.41) is 2.95. The summed E-state index contributed by atoms with van der Waals surface area (Å²) in [6.07, 6.45) is 1.74. The summed E-state index contributed by atoms with van der Waals surface area (Å²) in [4.78, 5) is 34.6. The van der Waals surface area contributed by atoms with Gasteiger partial charge < -0.3 is 10.3 Å². The van der Waals surface area contributed by atoms with Crippen molar-refractivity contribution in [2.24, 2.45) is 0 Å². The van der Waals surface area contributed by atoms with E-state index in [1.54, 1.807) is 12.3 Å². The molecule has 0 spiro atoms. The molecule has 28 heavy (non-hydrogen) atoms. The number of nitrogens with one attached hydrogen (secondary N) is 3. The number of hydrogen-bond donors (Lipinski definition) is 3. The predicted molar refractivity (Wildman–Crippen MR) is 108 cm³/mol. The van der Waals surface area contributed by atoms with E-state index in [1.807, 2.05) is 30.3 Å². The number of carbonyl (C=O) groups excluding carboxylic acids is 1. The van der Waals surface area contributed by atoms with Gasteiger partial charge in [-0.1, -0.05) is 48.2 Å². The van der Waals surface area contributed by atoms with E-state index in [9.17, 15) is 14.0 Å². The zero-order valence-electron chi connectivity index (χ0n) is 14.5. The third-order valence-electron chi connectivity index (χ3n) is 4.05. The average molecular weight is 394 g/mol. The number of carbonyl (C=O) groups is 1. The van der Waals surface area contributed by atoms with Crippen LogP contribution in [0.1, 0.15) is 0 Å². The first kappa shape index (κ1) is 18.0. The normalized spacial score (nSPS) is 10.9. The summed E-state index contributed by atoms with van der Waals surface area (Å²) in [7, 11) is 0. The first-order valence-corrected chi connectivity index (χ1v) is 9.44. The largest absolute Gasteiger partial charge is 0.355 e. The van der Waals surface area contributed by atoms with Crippen LogP contribution in [-0.2, 0) is 4.79 Å². The number of anilines is 1. The number of H-pyrrole nitrogens is 2. The lowest BCUT2D eigenvalue weighted by Gasteiger charge is -2.05. The number of amides is 1. The summed E-state index contributed by atoms with van der Waals surface area (Å²) >= 11 is 1.10. The molecule has 0 fully saturated rings. The monoisotopic (exact) mass is 394 g/mol. The van der Waals surface area contributed by atoms with E-state index in [4.69, 9.17) is 0 Å². The Morgan fingerprint density at radius 2 is 1.96 bits per heavy atom. The van der Waals surface area contributed by atoms with Gasteiger partial charge in [0.2, 0.25) is 5.91 Å². The lowest BCUT2D eigenvalue weighted by molar-refractivity contribution is -0.113. The van der Waals surface area contributed by atoms with Crippen LogP contribution in [0, 0.1) is 5.82 Å². The molecule has 0 aliphatic carbocycles. The molecule has 0 aliphatic heterocycles. The van der Waals surface area contributed by atoms with Gasteiger partial charge in [0.1, 0.15) is 16.9 Å². The molecular formula is C20H15FN4O2S. The summed E-state index contributed by atoms with van der Waals surface area (Å²) in [5.74, 6) is -0.728. The SMILES string of the molecule is O=C(CSc1nc2c(-c3ccccc3)c[nH]c2c(=O)[nH]1)Nc1cccc(F)c1. The van der Waals surface area contributed by atoms with Crippen LogP contribution < -0.4 is 10.9 Å². The van der Waals surface area contributed by atoms with Crippen LogP contribution in [0.25, 0.3) is 22.2 Å². The fourth-order valence-electron chi connectivity index (χ4n) is 2.80. The van der Waals surface area contributed by atoms with Crippen LogP contribution in [0.5, 0.6) is 0 Å². The lowest BCUT2D eigenvalue weighted by atomic mass is 10.1. The van der Waals surface area contributed by atoms with Crippen molar-refractivity contribution < 1.29 is 9.18 Å². The minimum atomic E-state index is -0.428. The molecule has 0 radical (unpaired) electrons. The van der Waals surface area contributed by atoms with Gasteiger partial charge in [0.25, 0.3) is 5.56 Å². The fraction of sp³-hybridized carbons (Fsp3) is 0.0500. The van der Waals surface area contributed by atoms with Crippen molar-refractivity contribution in [1.29, 1.82) is 0 Å². The second-order valence-corrected chi connectivity index (χ2v) is 6.97. The Morgan fingerprint density at radius 1 is 1.14 bits per heavy atom. The van der Waals surface area contributed by atoms with Crippen molar-refractivity contribution in [1.82, 2.24) is 15.0 Å². The van der Waals surface area contributed by atoms with E-state index >= 15 is 0 Å². The summed E-state index contributed by atoms with van der Waals surface area (Å²) in [6.45, 7) is 0. The van der Waals surface area contributed by atoms with Crippen LogP contribution in [0.15, 0.2) is 70.7 Å². The highest BCUT2D eigenvalue weighted by atomic mass is 32.2. The molecule has 6 nitrogen and oxygen atoms in total. The Bertz CT molecular complexity index is 1200. The van der Waals surface area contributed by atoms with Crippen LogP contribution in [0.4, 0.5) is 10.1 Å². The first-order chi connectivity index (χ1) is 13.6. The van der Waals surface area contributed by atoms with Crippen molar-refractivity contribution >= 4 is 34.4 Å². The van der Waals surface area contributed by atoms with Crippen molar-refractivity contribution in [3.8, 4) is 11.1 Å². The van der Waals surface area contributed by atoms with E-state index in [0.29, 0.717) is 21.9 Å². The standard InChI is InChI=1S/C20H15FN4O2S/c21-13-7-4-8-14(9-13)23-16(26)11-28-20-24-17-15(12-5-2-1-3-6-12)10-22-18(17)19(27)25-20/h1-10,22H,11H2,(H,23,26)(H,24,25,27). The predicted octanol–water partition coefficient (Wildman–Crippen LogP) is 3.79. The lowest BCUT2D eigenvalue weighted by Crippen LogP contribution is -2.15. The second kappa shape index (κ2) is 7.69. The molecule has 0 bridgehead atoms. The number of aromatic nitrogens is 3. The highest BCUT2D eigenvalue weighted by Gasteiger charge is 2.13. The van der Waals surface area contributed by atoms with E-state index in [1.165, 1.54) is 18.2 Å². The van der Waals surface area contributed by atoms with E-state index in [-0.39, 0.29) is 17.2 Å². The Morgan fingerprint density at radius 3 is 2.75 bits per heavy atom. The summed E-state index contributed by atoms with van der Waals surface area (Å²) < 4.78 is 13.2. The molecule has 4 rings (SSSR count). The van der Waals surface area contributed by atoms with Gasteiger partial charge in [-0.25, -0.2) is 9.37 Å². The molecule has 0 saturated carbocycles. The van der Waals surface area contributed by atoms with Gasteiger partial charge in [0.05, 0.1) is 5.75 Å². The number of thioether (sulfide) groups is 1. The van der Waals surface area contributed by atoms with Crippen LogP contribution in [-0.4, -0.2) is 26.6 Å². The van der Waals surface area contributed by atoms with Crippen molar-refractivity contribution in [3.05, 3.63) is 77.0 Å². The zero-order valence-corrected chi connectivity index (χ0v) is 15.3. The summed E-state index contributed by atoms with van der Waals surface area (Å²) in [5.41, 5.74) is 2.74. The maximum Gasteiger partial charge on any atom is 0.275 e. The summed E-state index contributed by atoms with van der Waals surface area (Å²) in [6, 6.07) is 15.3. The smallest absolute Gasteiger partial charge is 0.275 e. The van der Waals surface area contributed by atoms with Gasteiger partial charge in [-0.05, 0) is 23.8 Å². The van der Waals surface area contributed by atoms with Crippen LogP contribution >= 0.6 is 11.8 Å². The number of hydrogen-bond acceptors (Lipinski definition) is 4. The molecule has 0 aliphatic rings. The molecular weight excluding hydrogens is 379 g/mol. The molecule has 0 atom stereocenters. The third kappa shape index (κ3) is 3.81. The number of nitrogens with zero attached hydrogens (tertiary/aromatic N) is 1. The molecule has 3 N–H and O–H groups in total.